The second-order valence-corrected chi connectivity index (χ2v) is 19.1. The number of rotatable bonds is 8. The number of hydrogen-bond acceptors (Lipinski definition) is 0. The van der Waals surface area contributed by atoms with Gasteiger partial charge in [0.15, 0.2) is 0 Å². The van der Waals surface area contributed by atoms with Gasteiger partial charge in [0.1, 0.15) is 10.8 Å². The standard InChI is InChI=1S/C61H48F6/c1-5-31-59(32-6-2)55-35-43(39-19-15-37(16-20-39)41-23-27-47-45-11-7-9-13-51(45)57(3,53(47)33-41)60(62,63)64)25-29-49(55)50-30-26-44(36-56(50)59)40-21-17-38(18-22-40)42-24-28-48-46-12-8-10-14-52(46)58(4,54(48)34-42)61(65,66)67/h7-30,33-36H,5-6,31-32H2,1-4H3. The van der Waals surface area contributed by atoms with E-state index in [1.165, 1.54) is 36.1 Å². The lowest BCUT2D eigenvalue weighted by Gasteiger charge is -2.32. The fourth-order valence-corrected chi connectivity index (χ4v) is 12.0. The van der Waals surface area contributed by atoms with Crippen LogP contribution in [0.3, 0.4) is 0 Å². The van der Waals surface area contributed by atoms with E-state index < -0.39 is 23.2 Å². The summed E-state index contributed by atoms with van der Waals surface area (Å²) < 4.78 is 89.1. The zero-order valence-electron chi connectivity index (χ0n) is 37.8. The van der Waals surface area contributed by atoms with Crippen molar-refractivity contribution in [1.29, 1.82) is 0 Å². The maximum Gasteiger partial charge on any atom is 0.402 e. The average Bonchev–Trinajstić information content (AvgIpc) is 3.87. The number of fused-ring (bicyclic) bond motifs is 9. The van der Waals surface area contributed by atoms with Gasteiger partial charge in [-0.2, -0.15) is 26.3 Å². The van der Waals surface area contributed by atoms with Crippen molar-refractivity contribution in [3.8, 4) is 77.9 Å². The van der Waals surface area contributed by atoms with Gasteiger partial charge in [-0.1, -0.05) is 172 Å². The Morgan fingerprint density at radius 1 is 0.313 bits per heavy atom. The topological polar surface area (TPSA) is 0 Å². The van der Waals surface area contributed by atoms with Crippen molar-refractivity contribution in [2.75, 3.05) is 0 Å². The van der Waals surface area contributed by atoms with Gasteiger partial charge in [0.05, 0.1) is 0 Å². The van der Waals surface area contributed by atoms with E-state index in [2.05, 4.69) is 74.5 Å². The molecule has 0 radical (unpaired) electrons. The summed E-state index contributed by atoms with van der Waals surface area (Å²) in [5.74, 6) is 0. The van der Waals surface area contributed by atoms with E-state index in [4.69, 9.17) is 0 Å². The Balaban J connectivity index is 0.903. The number of halogens is 6. The fourth-order valence-electron chi connectivity index (χ4n) is 12.0. The molecule has 11 rings (SSSR count). The van der Waals surface area contributed by atoms with Crippen molar-refractivity contribution in [2.24, 2.45) is 0 Å². The molecule has 0 amide bonds. The van der Waals surface area contributed by atoms with Crippen LogP contribution in [0, 0.1) is 0 Å². The van der Waals surface area contributed by atoms with E-state index in [1.807, 2.05) is 48.5 Å². The van der Waals surface area contributed by atoms with Gasteiger partial charge >= 0.3 is 12.4 Å². The van der Waals surface area contributed by atoms with Gasteiger partial charge in [0.25, 0.3) is 0 Å². The van der Waals surface area contributed by atoms with Crippen molar-refractivity contribution in [3.05, 3.63) is 203 Å². The third-order valence-electron chi connectivity index (χ3n) is 15.6. The average molecular weight is 895 g/mol. The number of alkyl halides is 6. The molecule has 67 heavy (non-hydrogen) atoms. The first-order valence-corrected chi connectivity index (χ1v) is 23.3. The lowest BCUT2D eigenvalue weighted by Crippen LogP contribution is -2.38. The van der Waals surface area contributed by atoms with Crippen LogP contribution in [0.25, 0.3) is 77.9 Å². The maximum atomic E-state index is 14.9. The van der Waals surface area contributed by atoms with Crippen molar-refractivity contribution >= 4 is 0 Å². The molecule has 2 atom stereocenters. The van der Waals surface area contributed by atoms with Gasteiger partial charge in [-0.3, -0.25) is 0 Å². The Morgan fingerprint density at radius 3 is 0.866 bits per heavy atom. The van der Waals surface area contributed by atoms with Crippen molar-refractivity contribution in [1.82, 2.24) is 0 Å². The highest BCUT2D eigenvalue weighted by atomic mass is 19.4. The van der Waals surface area contributed by atoms with Crippen LogP contribution in [-0.2, 0) is 16.2 Å². The fraction of sp³-hybridized carbons (Fsp3) is 0.213. The summed E-state index contributed by atoms with van der Waals surface area (Å²) in [6.07, 6.45) is -4.98. The van der Waals surface area contributed by atoms with Crippen molar-refractivity contribution in [2.45, 2.75) is 82.0 Å². The Hall–Kier alpha value is -6.66. The van der Waals surface area contributed by atoms with Crippen LogP contribution >= 0.6 is 0 Å². The molecule has 0 aliphatic heterocycles. The highest BCUT2D eigenvalue weighted by molar-refractivity contribution is 5.89. The second-order valence-electron chi connectivity index (χ2n) is 19.1. The third-order valence-corrected chi connectivity index (χ3v) is 15.6. The van der Waals surface area contributed by atoms with Gasteiger partial charge in [0, 0.05) is 5.41 Å². The molecule has 0 saturated carbocycles. The summed E-state index contributed by atoms with van der Waals surface area (Å²) in [6.45, 7) is 7.07. The molecule has 0 nitrogen and oxygen atoms in total. The van der Waals surface area contributed by atoms with E-state index in [-0.39, 0.29) is 16.5 Å². The molecule has 0 aromatic heterocycles. The largest absolute Gasteiger partial charge is 0.402 e. The summed E-state index contributed by atoms with van der Waals surface area (Å²) in [5.41, 5.74) is 11.8. The highest BCUT2D eigenvalue weighted by Crippen LogP contribution is 2.59. The summed E-state index contributed by atoms with van der Waals surface area (Å²) >= 11 is 0. The molecule has 0 saturated heterocycles. The summed E-state index contributed by atoms with van der Waals surface area (Å²) in [6, 6.07) is 54.5. The molecule has 0 bridgehead atoms. The zero-order valence-corrected chi connectivity index (χ0v) is 37.8. The lowest BCUT2D eigenvalue weighted by atomic mass is 9.71. The highest BCUT2D eigenvalue weighted by Gasteiger charge is 2.59. The molecule has 334 valence electrons. The normalized spacial score (nSPS) is 18.5. The molecule has 0 N–H and O–H groups in total. The van der Waals surface area contributed by atoms with Gasteiger partial charge in [-0.15, -0.1) is 0 Å². The Kier molecular flexibility index (Phi) is 9.73. The predicted molar refractivity (Wildman–Crippen MR) is 260 cm³/mol. The summed E-state index contributed by atoms with van der Waals surface area (Å²) in [7, 11) is 0. The first-order valence-electron chi connectivity index (χ1n) is 23.3. The smallest absolute Gasteiger partial charge is 0.170 e. The monoisotopic (exact) mass is 894 g/mol. The molecule has 3 aliphatic carbocycles. The van der Waals surface area contributed by atoms with E-state index in [9.17, 15) is 26.3 Å². The maximum absolute atomic E-state index is 14.9. The summed E-state index contributed by atoms with van der Waals surface area (Å²) in [5, 5.41) is 0. The van der Waals surface area contributed by atoms with Crippen LogP contribution in [-0.4, -0.2) is 12.4 Å². The van der Waals surface area contributed by atoms with Crippen molar-refractivity contribution < 1.29 is 26.3 Å². The van der Waals surface area contributed by atoms with Crippen LogP contribution in [0.15, 0.2) is 170 Å². The van der Waals surface area contributed by atoms with Crippen LogP contribution in [0.2, 0.25) is 0 Å². The molecule has 8 aromatic carbocycles. The predicted octanol–water partition coefficient (Wildman–Crippen LogP) is 17.9. The van der Waals surface area contributed by atoms with E-state index in [1.54, 1.807) is 60.7 Å². The first-order chi connectivity index (χ1) is 32.1. The Labute approximate surface area is 388 Å². The SMILES string of the molecule is CCCC1(CCC)c2cc(-c3ccc(-c4ccc5c(c4)C(C)(C(F)(F)F)c4ccccc4-5)cc3)ccc2-c2ccc(-c3ccc(-c4ccc5c(c4)C(C)(C(F)(F)F)c4ccccc4-5)cc3)cc21. The molecule has 8 aromatic rings. The van der Waals surface area contributed by atoms with Gasteiger partial charge in [-0.25, -0.2) is 0 Å². The van der Waals surface area contributed by atoms with E-state index in [0.29, 0.717) is 33.4 Å². The van der Waals surface area contributed by atoms with Gasteiger partial charge in [0.2, 0.25) is 0 Å². The first kappa shape index (κ1) is 42.9. The Bertz CT molecular complexity index is 3040. The van der Waals surface area contributed by atoms with E-state index in [0.717, 1.165) is 70.2 Å². The summed E-state index contributed by atoms with van der Waals surface area (Å²) in [4.78, 5) is 0. The molecule has 2 unspecified atom stereocenters. The minimum Gasteiger partial charge on any atom is -0.170 e. The minimum atomic E-state index is -4.46. The lowest BCUT2D eigenvalue weighted by molar-refractivity contribution is -0.172. The zero-order chi connectivity index (χ0) is 46.7. The van der Waals surface area contributed by atoms with Gasteiger partial charge in [-0.05, 0) is 162 Å². The van der Waals surface area contributed by atoms with Gasteiger partial charge < -0.3 is 0 Å². The number of hydrogen-bond donors (Lipinski definition) is 0. The molecule has 0 heterocycles. The minimum absolute atomic E-state index is 0.208. The van der Waals surface area contributed by atoms with Crippen LogP contribution in [0.5, 0.6) is 0 Å². The molecule has 3 aliphatic rings. The van der Waals surface area contributed by atoms with Crippen LogP contribution in [0.1, 0.15) is 86.8 Å². The molecule has 0 fully saturated rings. The molecular weight excluding hydrogens is 847 g/mol. The Morgan fingerprint density at radius 2 is 0.567 bits per heavy atom. The number of benzene rings is 8. The molecular formula is C61H48F6. The van der Waals surface area contributed by atoms with Crippen LogP contribution in [0.4, 0.5) is 26.3 Å². The van der Waals surface area contributed by atoms with Crippen molar-refractivity contribution in [3.63, 3.8) is 0 Å². The third kappa shape index (κ3) is 6.20. The molecule has 6 heteroatoms. The quantitative estimate of drug-likeness (QED) is 0.133. The van der Waals surface area contributed by atoms with Crippen LogP contribution < -0.4 is 0 Å². The second kappa shape index (κ2) is 15.2. The van der Waals surface area contributed by atoms with E-state index >= 15 is 0 Å². The molecule has 0 spiro atoms.